The van der Waals surface area contributed by atoms with Gasteiger partial charge in [0.05, 0.1) is 28.8 Å². The van der Waals surface area contributed by atoms with Crippen molar-refractivity contribution in [2.75, 3.05) is 10.3 Å². The average molecular weight is 401 g/mol. The Labute approximate surface area is 169 Å². The summed E-state index contributed by atoms with van der Waals surface area (Å²) in [6, 6.07) is 3.91. The van der Waals surface area contributed by atoms with E-state index in [2.05, 4.69) is 41.2 Å². The molecule has 9 heteroatoms. The molecule has 0 bridgehead atoms. The van der Waals surface area contributed by atoms with E-state index in [-0.39, 0.29) is 6.04 Å². The number of rotatable bonds is 7. The third-order valence-electron chi connectivity index (χ3n) is 4.03. The number of nitrogens with zero attached hydrogens (tertiary/aromatic N) is 5. The third-order valence-corrected chi connectivity index (χ3v) is 4.23. The Balaban J connectivity index is 2.03. The quantitative estimate of drug-likeness (QED) is 0.410. The van der Waals surface area contributed by atoms with Crippen LogP contribution in [0.1, 0.15) is 33.6 Å². The van der Waals surface area contributed by atoms with Gasteiger partial charge in [0.15, 0.2) is 11.5 Å². The van der Waals surface area contributed by atoms with Gasteiger partial charge in [-0.15, -0.1) is 0 Å². The summed E-state index contributed by atoms with van der Waals surface area (Å²) >= 11 is 6.02. The van der Waals surface area contributed by atoms with Crippen molar-refractivity contribution in [3.63, 3.8) is 0 Å². The second-order valence-electron chi connectivity index (χ2n) is 6.84. The molecule has 5 N–H and O–H groups in total. The molecular formula is C19H25ClN8. The highest BCUT2D eigenvalue weighted by Gasteiger charge is 2.14. The molecule has 0 amide bonds. The Hall–Kier alpha value is -2.84. The molecule has 3 aromatic rings. The minimum absolute atomic E-state index is 0.200. The van der Waals surface area contributed by atoms with E-state index in [1.54, 1.807) is 29.5 Å². The molecule has 0 fully saturated rings. The van der Waals surface area contributed by atoms with Crippen molar-refractivity contribution >= 4 is 34.0 Å². The molecular weight excluding hydrogens is 376 g/mol. The van der Waals surface area contributed by atoms with Crippen molar-refractivity contribution < 1.29 is 0 Å². The summed E-state index contributed by atoms with van der Waals surface area (Å²) in [5.74, 6) is 6.85. The first-order valence-electron chi connectivity index (χ1n) is 9.15. The number of allylic oxidation sites excluding steroid dienone is 1. The predicted octanol–water partition coefficient (Wildman–Crippen LogP) is 3.57. The van der Waals surface area contributed by atoms with Crippen molar-refractivity contribution in [3.8, 4) is 5.82 Å². The van der Waals surface area contributed by atoms with Gasteiger partial charge in [0.25, 0.3) is 0 Å². The molecule has 0 saturated heterocycles. The Morgan fingerprint density at radius 2 is 2.07 bits per heavy atom. The van der Waals surface area contributed by atoms with Crippen LogP contribution in [0.4, 0.5) is 11.4 Å². The standard InChI is InChI=1S/C19H25ClN8/c1-4-5-15(21)11-27(22)17-10-23-18(7-16(17)26-12(2)3)28-19-13(8-25-28)6-14(20)9-24-19/h6-12H,4-5,21-22H2,1-3H3,(H,23,26)/b15-11-. The summed E-state index contributed by atoms with van der Waals surface area (Å²) in [5, 5.41) is 10.7. The van der Waals surface area contributed by atoms with Crippen LogP contribution in [0.15, 0.2) is 42.6 Å². The Bertz CT molecular complexity index is 995. The second-order valence-corrected chi connectivity index (χ2v) is 7.28. The third kappa shape index (κ3) is 4.35. The second kappa shape index (κ2) is 8.45. The van der Waals surface area contributed by atoms with E-state index in [9.17, 15) is 0 Å². The van der Waals surface area contributed by atoms with Crippen molar-refractivity contribution in [2.45, 2.75) is 39.7 Å². The van der Waals surface area contributed by atoms with E-state index in [0.717, 1.165) is 23.9 Å². The van der Waals surface area contributed by atoms with Gasteiger partial charge >= 0.3 is 0 Å². The molecule has 3 rings (SSSR count). The normalized spacial score (nSPS) is 12.0. The van der Waals surface area contributed by atoms with E-state index in [1.165, 1.54) is 5.01 Å². The molecule has 3 heterocycles. The summed E-state index contributed by atoms with van der Waals surface area (Å²) in [5.41, 5.74) is 8.94. The van der Waals surface area contributed by atoms with E-state index in [0.29, 0.717) is 27.9 Å². The minimum Gasteiger partial charge on any atom is -0.401 e. The number of hydrazine groups is 1. The van der Waals surface area contributed by atoms with Crippen LogP contribution in [0.3, 0.4) is 0 Å². The van der Waals surface area contributed by atoms with E-state index >= 15 is 0 Å². The van der Waals surface area contributed by atoms with Gasteiger partial charge in [0.2, 0.25) is 0 Å². The lowest BCUT2D eigenvalue weighted by Crippen LogP contribution is -2.28. The lowest BCUT2D eigenvalue weighted by atomic mass is 10.2. The summed E-state index contributed by atoms with van der Waals surface area (Å²) < 4.78 is 1.67. The van der Waals surface area contributed by atoms with Crippen molar-refractivity contribution in [1.29, 1.82) is 0 Å². The SMILES string of the molecule is CCC/C(N)=C/N(N)c1cnc(-n2ncc3cc(Cl)cnc32)cc1NC(C)C. The lowest BCUT2D eigenvalue weighted by Gasteiger charge is -2.21. The highest BCUT2D eigenvalue weighted by atomic mass is 35.5. The fourth-order valence-electron chi connectivity index (χ4n) is 2.85. The largest absolute Gasteiger partial charge is 0.401 e. The number of nitrogens with one attached hydrogen (secondary N) is 1. The van der Waals surface area contributed by atoms with Gasteiger partial charge in [0, 0.05) is 35.6 Å². The first-order valence-corrected chi connectivity index (χ1v) is 9.53. The van der Waals surface area contributed by atoms with Gasteiger partial charge in [-0.2, -0.15) is 9.78 Å². The summed E-state index contributed by atoms with van der Waals surface area (Å²) in [6.07, 6.45) is 8.45. The molecule has 0 saturated carbocycles. The summed E-state index contributed by atoms with van der Waals surface area (Å²) in [7, 11) is 0. The zero-order valence-corrected chi connectivity index (χ0v) is 17.0. The van der Waals surface area contributed by atoms with E-state index in [4.69, 9.17) is 23.2 Å². The summed E-state index contributed by atoms with van der Waals surface area (Å²) in [4.78, 5) is 8.90. The van der Waals surface area contributed by atoms with Crippen molar-refractivity contribution in [3.05, 3.63) is 47.6 Å². The minimum atomic E-state index is 0.200. The molecule has 0 aliphatic heterocycles. The summed E-state index contributed by atoms with van der Waals surface area (Å²) in [6.45, 7) is 6.18. The van der Waals surface area contributed by atoms with Crippen LogP contribution in [0.25, 0.3) is 16.9 Å². The highest BCUT2D eigenvalue weighted by Crippen LogP contribution is 2.28. The predicted molar refractivity (Wildman–Crippen MR) is 114 cm³/mol. The molecule has 0 aliphatic rings. The smallest absolute Gasteiger partial charge is 0.164 e. The van der Waals surface area contributed by atoms with E-state index in [1.807, 2.05) is 12.1 Å². The number of fused-ring (bicyclic) bond motifs is 1. The number of hydrogen-bond acceptors (Lipinski definition) is 7. The lowest BCUT2D eigenvalue weighted by molar-refractivity contribution is 0.852. The van der Waals surface area contributed by atoms with Crippen LogP contribution >= 0.6 is 11.6 Å². The molecule has 3 aromatic heterocycles. The maximum absolute atomic E-state index is 6.23. The van der Waals surface area contributed by atoms with Gasteiger partial charge in [-0.25, -0.2) is 15.8 Å². The fraction of sp³-hybridized carbons (Fsp3) is 0.316. The van der Waals surface area contributed by atoms with Gasteiger partial charge in [0.1, 0.15) is 0 Å². The topological polar surface area (TPSA) is 111 Å². The maximum atomic E-state index is 6.23. The molecule has 0 aliphatic carbocycles. The maximum Gasteiger partial charge on any atom is 0.164 e. The van der Waals surface area contributed by atoms with E-state index < -0.39 is 0 Å². The number of pyridine rings is 2. The van der Waals surface area contributed by atoms with Crippen molar-refractivity contribution in [2.24, 2.45) is 11.6 Å². The first-order chi connectivity index (χ1) is 13.4. The molecule has 0 unspecified atom stereocenters. The van der Waals surface area contributed by atoms with Crippen LogP contribution < -0.4 is 21.9 Å². The molecule has 8 nitrogen and oxygen atoms in total. The highest BCUT2D eigenvalue weighted by molar-refractivity contribution is 6.31. The molecule has 148 valence electrons. The van der Waals surface area contributed by atoms with Crippen molar-refractivity contribution in [1.82, 2.24) is 19.7 Å². The van der Waals surface area contributed by atoms with Crippen LogP contribution in [-0.2, 0) is 0 Å². The van der Waals surface area contributed by atoms with Crippen LogP contribution in [0.5, 0.6) is 0 Å². The Morgan fingerprint density at radius 3 is 2.79 bits per heavy atom. The molecule has 0 spiro atoms. The number of hydrogen-bond donors (Lipinski definition) is 3. The zero-order valence-electron chi connectivity index (χ0n) is 16.2. The number of anilines is 2. The molecule has 0 radical (unpaired) electrons. The van der Waals surface area contributed by atoms with Gasteiger partial charge in [-0.3, -0.25) is 5.01 Å². The Morgan fingerprint density at radius 1 is 1.29 bits per heavy atom. The van der Waals surface area contributed by atoms with Gasteiger partial charge in [-0.05, 0) is 26.3 Å². The molecule has 0 atom stereocenters. The monoisotopic (exact) mass is 400 g/mol. The number of aromatic nitrogens is 4. The van der Waals surface area contributed by atoms with Crippen LogP contribution in [0, 0.1) is 0 Å². The Kier molecular flexibility index (Phi) is 6.01. The zero-order chi connectivity index (χ0) is 20.3. The average Bonchev–Trinajstić information content (AvgIpc) is 3.04. The fourth-order valence-corrected chi connectivity index (χ4v) is 3.02. The van der Waals surface area contributed by atoms with Gasteiger partial charge in [-0.1, -0.05) is 24.9 Å². The number of nitrogens with two attached hydrogens (primary N) is 2. The molecule has 28 heavy (non-hydrogen) atoms. The first kappa shape index (κ1) is 19.9. The van der Waals surface area contributed by atoms with Gasteiger partial charge < -0.3 is 11.1 Å². The molecule has 0 aromatic carbocycles. The van der Waals surface area contributed by atoms with Crippen LogP contribution in [0.2, 0.25) is 5.02 Å². The van der Waals surface area contributed by atoms with Crippen LogP contribution in [-0.4, -0.2) is 25.8 Å². The number of halogens is 1.